The lowest BCUT2D eigenvalue weighted by atomic mass is 10.1. The van der Waals surface area contributed by atoms with Gasteiger partial charge in [0.2, 0.25) is 0 Å². The fourth-order valence-electron chi connectivity index (χ4n) is 2.40. The van der Waals surface area contributed by atoms with Crippen LogP contribution in [0.25, 0.3) is 0 Å². The average Bonchev–Trinajstić information content (AvgIpc) is 2.95. The van der Waals surface area contributed by atoms with E-state index in [1.807, 2.05) is 6.20 Å². The van der Waals surface area contributed by atoms with E-state index in [-0.39, 0.29) is 0 Å². The Hall–Kier alpha value is -1.28. The number of imidazole rings is 1. The van der Waals surface area contributed by atoms with Crippen LogP contribution in [0.3, 0.4) is 0 Å². The van der Waals surface area contributed by atoms with Crippen molar-refractivity contribution in [3.05, 3.63) is 53.1 Å². The van der Waals surface area contributed by atoms with Crippen LogP contribution in [0.1, 0.15) is 28.6 Å². The zero-order valence-electron chi connectivity index (χ0n) is 8.91. The van der Waals surface area contributed by atoms with E-state index in [2.05, 4.69) is 34.2 Å². The van der Waals surface area contributed by atoms with Crippen molar-refractivity contribution in [1.29, 1.82) is 0 Å². The third-order valence-electron chi connectivity index (χ3n) is 3.23. The minimum absolute atomic E-state index is 0.495. The maximum atomic E-state index is 5.76. The van der Waals surface area contributed by atoms with Crippen LogP contribution in [-0.2, 0) is 18.7 Å². The first kappa shape index (κ1) is 9.91. The summed E-state index contributed by atoms with van der Waals surface area (Å²) in [6, 6.07) is 8.63. The minimum atomic E-state index is 0.495. The predicted octanol–water partition coefficient (Wildman–Crippen LogP) is 3.03. The van der Waals surface area contributed by atoms with E-state index in [1.165, 1.54) is 11.1 Å². The molecule has 0 fully saturated rings. The molecule has 0 aliphatic heterocycles. The largest absolute Gasteiger partial charge is 0.345 e. The number of rotatable bonds is 2. The van der Waals surface area contributed by atoms with Crippen LogP contribution in [0, 0.1) is 0 Å². The van der Waals surface area contributed by atoms with Crippen molar-refractivity contribution in [3.8, 4) is 0 Å². The molecule has 1 N–H and O–H groups in total. The lowest BCUT2D eigenvalue weighted by Gasteiger charge is -2.03. The number of hydrogen-bond donors (Lipinski definition) is 1. The number of H-pyrrole nitrogens is 1. The summed E-state index contributed by atoms with van der Waals surface area (Å²) in [4.78, 5) is 7.71. The molecule has 1 aliphatic carbocycles. The summed E-state index contributed by atoms with van der Waals surface area (Å²) >= 11 is 5.76. The van der Waals surface area contributed by atoms with Crippen molar-refractivity contribution in [1.82, 2.24) is 9.97 Å². The molecule has 0 unspecified atom stereocenters. The second-order valence-corrected chi connectivity index (χ2v) is 4.57. The van der Waals surface area contributed by atoms with Crippen molar-refractivity contribution in [2.45, 2.75) is 24.6 Å². The second kappa shape index (κ2) is 3.95. The van der Waals surface area contributed by atoms with Crippen molar-refractivity contribution in [3.63, 3.8) is 0 Å². The molecule has 0 saturated carbocycles. The van der Waals surface area contributed by atoms with Gasteiger partial charge in [0.1, 0.15) is 5.82 Å². The number of halogens is 1. The first-order valence-corrected chi connectivity index (χ1v) is 6.07. The molecule has 2 nitrogen and oxygen atoms in total. The normalized spacial score (nSPS) is 15.3. The molecule has 0 atom stereocenters. The molecule has 0 radical (unpaired) electrons. The molecule has 2 aromatic rings. The second-order valence-electron chi connectivity index (χ2n) is 4.30. The van der Waals surface area contributed by atoms with Gasteiger partial charge < -0.3 is 4.98 Å². The highest BCUT2D eigenvalue weighted by Gasteiger charge is 2.24. The molecule has 1 aromatic heterocycles. The number of aromatic nitrogens is 2. The lowest BCUT2D eigenvalue weighted by Crippen LogP contribution is -2.00. The zero-order valence-corrected chi connectivity index (χ0v) is 9.67. The van der Waals surface area contributed by atoms with Crippen LogP contribution in [0.15, 0.2) is 30.5 Å². The van der Waals surface area contributed by atoms with Gasteiger partial charge in [-0.2, -0.15) is 0 Å². The first-order chi connectivity index (χ1) is 7.86. The summed E-state index contributed by atoms with van der Waals surface area (Å²) in [6.07, 6.45) is 4.02. The molecule has 0 amide bonds. The summed E-state index contributed by atoms with van der Waals surface area (Å²) in [5.74, 6) is 2.08. The Morgan fingerprint density at radius 2 is 1.94 bits per heavy atom. The van der Waals surface area contributed by atoms with Crippen LogP contribution in [0.5, 0.6) is 0 Å². The Kier molecular flexibility index (Phi) is 2.44. The monoisotopic (exact) mass is 232 g/mol. The van der Waals surface area contributed by atoms with Crippen molar-refractivity contribution < 1.29 is 0 Å². The van der Waals surface area contributed by atoms with E-state index >= 15 is 0 Å². The Bertz CT molecular complexity index is 479. The topological polar surface area (TPSA) is 28.7 Å². The van der Waals surface area contributed by atoms with E-state index in [1.54, 1.807) is 0 Å². The number of alkyl halides is 1. The number of nitrogens with zero attached hydrogens (tertiary/aromatic N) is 1. The van der Waals surface area contributed by atoms with Crippen molar-refractivity contribution in [2.24, 2.45) is 0 Å². The highest BCUT2D eigenvalue weighted by Crippen LogP contribution is 2.32. The highest BCUT2D eigenvalue weighted by molar-refractivity contribution is 6.16. The molecular weight excluding hydrogens is 220 g/mol. The Morgan fingerprint density at radius 3 is 2.50 bits per heavy atom. The smallest absolute Gasteiger partial charge is 0.110 e. The fraction of sp³-hybridized carbons (Fsp3) is 0.308. The fourth-order valence-corrected chi connectivity index (χ4v) is 2.54. The summed E-state index contributed by atoms with van der Waals surface area (Å²) in [5, 5.41) is 0. The van der Waals surface area contributed by atoms with Crippen molar-refractivity contribution >= 4 is 11.6 Å². The van der Waals surface area contributed by atoms with Gasteiger partial charge in [0.15, 0.2) is 0 Å². The highest BCUT2D eigenvalue weighted by atomic mass is 35.5. The summed E-state index contributed by atoms with van der Waals surface area (Å²) < 4.78 is 0. The summed E-state index contributed by atoms with van der Waals surface area (Å²) in [5.41, 5.74) is 3.92. The Labute approximate surface area is 99.7 Å². The first-order valence-electron chi connectivity index (χ1n) is 5.53. The molecule has 82 valence electrons. The summed E-state index contributed by atoms with van der Waals surface area (Å²) in [7, 11) is 0. The Balaban J connectivity index is 1.85. The van der Waals surface area contributed by atoms with Crippen LogP contribution in [0.4, 0.5) is 0 Å². The van der Waals surface area contributed by atoms with Gasteiger partial charge in [0.05, 0.1) is 5.88 Å². The minimum Gasteiger partial charge on any atom is -0.345 e. The molecular formula is C13H13ClN2. The number of fused-ring (bicyclic) bond motifs is 1. The molecule has 16 heavy (non-hydrogen) atoms. The van der Waals surface area contributed by atoms with E-state index in [9.17, 15) is 0 Å². The van der Waals surface area contributed by atoms with Gasteiger partial charge >= 0.3 is 0 Å². The van der Waals surface area contributed by atoms with Gasteiger partial charge in [-0.1, -0.05) is 24.3 Å². The molecule has 3 heteroatoms. The van der Waals surface area contributed by atoms with Crippen LogP contribution in [-0.4, -0.2) is 9.97 Å². The van der Waals surface area contributed by atoms with E-state index in [0.717, 1.165) is 24.4 Å². The number of hydrogen-bond acceptors (Lipinski definition) is 1. The predicted molar refractivity (Wildman–Crippen MR) is 64.7 cm³/mol. The van der Waals surface area contributed by atoms with Gasteiger partial charge in [0.25, 0.3) is 0 Å². The molecule has 1 heterocycles. The van der Waals surface area contributed by atoms with Crippen LogP contribution >= 0.6 is 11.6 Å². The SMILES string of the molecule is ClCc1cnc(C2Cc3ccccc3C2)[nH]1. The molecule has 3 rings (SSSR count). The molecule has 0 saturated heterocycles. The quantitative estimate of drug-likeness (QED) is 0.793. The van der Waals surface area contributed by atoms with Gasteiger partial charge in [-0.05, 0) is 24.0 Å². The van der Waals surface area contributed by atoms with Crippen LogP contribution in [0.2, 0.25) is 0 Å². The molecule has 1 aliphatic rings. The maximum Gasteiger partial charge on any atom is 0.110 e. The third kappa shape index (κ3) is 1.63. The van der Waals surface area contributed by atoms with E-state index in [0.29, 0.717) is 11.8 Å². The van der Waals surface area contributed by atoms with Crippen LogP contribution < -0.4 is 0 Å². The van der Waals surface area contributed by atoms with E-state index < -0.39 is 0 Å². The third-order valence-corrected chi connectivity index (χ3v) is 3.52. The molecule has 0 spiro atoms. The van der Waals surface area contributed by atoms with Gasteiger partial charge in [-0.15, -0.1) is 11.6 Å². The molecule has 0 bridgehead atoms. The summed E-state index contributed by atoms with van der Waals surface area (Å²) in [6.45, 7) is 0. The van der Waals surface area contributed by atoms with Gasteiger partial charge in [-0.3, -0.25) is 0 Å². The maximum absolute atomic E-state index is 5.76. The number of benzene rings is 1. The number of nitrogens with one attached hydrogen (secondary N) is 1. The lowest BCUT2D eigenvalue weighted by molar-refractivity contribution is 0.692. The molecule has 1 aromatic carbocycles. The van der Waals surface area contributed by atoms with Gasteiger partial charge in [0, 0.05) is 17.8 Å². The number of aromatic amines is 1. The van der Waals surface area contributed by atoms with Crippen molar-refractivity contribution in [2.75, 3.05) is 0 Å². The average molecular weight is 233 g/mol. The Morgan fingerprint density at radius 1 is 1.25 bits per heavy atom. The van der Waals surface area contributed by atoms with Gasteiger partial charge in [-0.25, -0.2) is 4.98 Å². The van der Waals surface area contributed by atoms with E-state index in [4.69, 9.17) is 11.6 Å². The standard InChI is InChI=1S/C13H13ClN2/c14-7-12-8-15-13(16-12)11-5-9-3-1-2-4-10(9)6-11/h1-4,8,11H,5-7H2,(H,15,16). The zero-order chi connectivity index (χ0) is 11.0.